The van der Waals surface area contributed by atoms with Crippen LogP contribution in [0, 0.1) is 10.1 Å². The second-order valence-corrected chi connectivity index (χ2v) is 5.21. The number of nitro benzene ring substituents is 1. The average molecular weight is 370 g/mol. The van der Waals surface area contributed by atoms with Gasteiger partial charge >= 0.3 is 0 Å². The maximum Gasteiger partial charge on any atom is 0.293 e. The first-order valence-electron chi connectivity index (χ1n) is 7.64. The summed E-state index contributed by atoms with van der Waals surface area (Å²) in [5, 5.41) is 25.1. The van der Waals surface area contributed by atoms with Crippen LogP contribution in [0.15, 0.2) is 47.4 Å². The van der Waals surface area contributed by atoms with E-state index in [1.165, 1.54) is 36.2 Å². The molecule has 0 aliphatic rings. The zero-order valence-corrected chi connectivity index (χ0v) is 14.2. The number of tetrazole rings is 1. The molecule has 0 saturated carbocycles. The molecular formula is C16H14N6O5. The van der Waals surface area contributed by atoms with Gasteiger partial charge in [-0.05, 0) is 29.5 Å². The number of hydrogen-bond donors (Lipinski definition) is 1. The minimum atomic E-state index is -0.615. The first-order chi connectivity index (χ1) is 13.0. The Bertz CT molecular complexity index is 1010. The van der Waals surface area contributed by atoms with Gasteiger partial charge in [-0.25, -0.2) is 0 Å². The summed E-state index contributed by atoms with van der Waals surface area (Å²) in [5.74, 6) is -0.178. The van der Waals surface area contributed by atoms with Crippen molar-refractivity contribution < 1.29 is 18.9 Å². The lowest BCUT2D eigenvalue weighted by molar-refractivity contribution is -0.384. The van der Waals surface area contributed by atoms with Crippen LogP contribution >= 0.6 is 0 Å². The third kappa shape index (κ3) is 3.81. The summed E-state index contributed by atoms with van der Waals surface area (Å²) >= 11 is 0. The van der Waals surface area contributed by atoms with Crippen molar-refractivity contribution in [3.8, 4) is 17.1 Å². The van der Waals surface area contributed by atoms with Crippen LogP contribution in [-0.4, -0.2) is 38.1 Å². The molecule has 0 spiro atoms. The number of amides is 1. The maximum atomic E-state index is 12.2. The predicted molar refractivity (Wildman–Crippen MR) is 93.3 cm³/mol. The number of aromatic nitrogens is 4. The molecule has 0 aliphatic heterocycles. The highest BCUT2D eigenvalue weighted by Crippen LogP contribution is 2.34. The molecule has 0 fully saturated rings. The highest BCUT2D eigenvalue weighted by Gasteiger charge is 2.21. The molecule has 2 aromatic heterocycles. The van der Waals surface area contributed by atoms with Gasteiger partial charge in [-0.1, -0.05) is 11.2 Å². The van der Waals surface area contributed by atoms with Gasteiger partial charge in [0, 0.05) is 0 Å². The van der Waals surface area contributed by atoms with Crippen LogP contribution in [0.4, 0.5) is 11.6 Å². The minimum absolute atomic E-state index is 0.00442. The molecule has 1 N–H and O–H groups in total. The summed E-state index contributed by atoms with van der Waals surface area (Å²) in [6, 6.07) is 7.18. The second-order valence-electron chi connectivity index (χ2n) is 5.21. The SMILES string of the molecule is C=CCn1nnc(NC(=O)c2ccc(-c3ccc(OC)cc3[N+](=O)[O-])o2)n1. The summed E-state index contributed by atoms with van der Waals surface area (Å²) in [5.41, 5.74) is 0.0135. The Labute approximate surface area is 152 Å². The lowest BCUT2D eigenvalue weighted by Gasteiger charge is -2.03. The summed E-state index contributed by atoms with van der Waals surface area (Å²) in [4.78, 5) is 24.2. The molecule has 2 heterocycles. The summed E-state index contributed by atoms with van der Waals surface area (Å²) in [6.07, 6.45) is 1.58. The molecule has 0 saturated heterocycles. The van der Waals surface area contributed by atoms with E-state index in [2.05, 4.69) is 27.3 Å². The Kier molecular flexibility index (Phi) is 4.92. The van der Waals surface area contributed by atoms with Crippen LogP contribution in [-0.2, 0) is 6.54 Å². The largest absolute Gasteiger partial charge is 0.497 e. The number of carbonyl (C=O) groups is 1. The van der Waals surface area contributed by atoms with Crippen molar-refractivity contribution in [2.24, 2.45) is 0 Å². The smallest absolute Gasteiger partial charge is 0.293 e. The monoisotopic (exact) mass is 370 g/mol. The second kappa shape index (κ2) is 7.47. The molecule has 27 heavy (non-hydrogen) atoms. The number of rotatable bonds is 7. The first kappa shape index (κ1) is 17.8. The van der Waals surface area contributed by atoms with E-state index in [4.69, 9.17) is 9.15 Å². The Morgan fingerprint density at radius 3 is 2.96 bits per heavy atom. The van der Waals surface area contributed by atoms with E-state index in [1.54, 1.807) is 12.1 Å². The number of benzene rings is 1. The van der Waals surface area contributed by atoms with Gasteiger partial charge in [0.2, 0.25) is 0 Å². The van der Waals surface area contributed by atoms with Crippen molar-refractivity contribution in [1.82, 2.24) is 20.2 Å². The van der Waals surface area contributed by atoms with Gasteiger partial charge in [-0.3, -0.25) is 20.2 Å². The van der Waals surface area contributed by atoms with Gasteiger partial charge in [-0.15, -0.1) is 11.7 Å². The number of methoxy groups -OCH3 is 1. The van der Waals surface area contributed by atoms with E-state index in [9.17, 15) is 14.9 Å². The van der Waals surface area contributed by atoms with Crippen molar-refractivity contribution >= 4 is 17.5 Å². The summed E-state index contributed by atoms with van der Waals surface area (Å²) in [7, 11) is 1.41. The van der Waals surface area contributed by atoms with Crippen molar-refractivity contribution in [2.45, 2.75) is 6.54 Å². The molecule has 1 amide bonds. The Morgan fingerprint density at radius 2 is 2.26 bits per heavy atom. The van der Waals surface area contributed by atoms with Crippen LogP contribution in [0.5, 0.6) is 5.75 Å². The van der Waals surface area contributed by atoms with Crippen molar-refractivity contribution in [3.63, 3.8) is 0 Å². The van der Waals surface area contributed by atoms with Crippen molar-refractivity contribution in [1.29, 1.82) is 0 Å². The molecule has 0 atom stereocenters. The average Bonchev–Trinajstić information content (AvgIpc) is 3.31. The van der Waals surface area contributed by atoms with E-state index in [1.807, 2.05) is 0 Å². The van der Waals surface area contributed by atoms with E-state index in [0.29, 0.717) is 12.3 Å². The van der Waals surface area contributed by atoms with Gasteiger partial charge < -0.3 is 9.15 Å². The molecule has 0 aliphatic carbocycles. The molecule has 11 heteroatoms. The molecule has 0 bridgehead atoms. The maximum absolute atomic E-state index is 12.2. The molecule has 3 aromatic rings. The van der Waals surface area contributed by atoms with Crippen LogP contribution < -0.4 is 10.1 Å². The van der Waals surface area contributed by atoms with E-state index in [-0.39, 0.29) is 28.7 Å². The van der Waals surface area contributed by atoms with Gasteiger partial charge in [0.15, 0.2) is 5.76 Å². The number of nitrogens with zero attached hydrogens (tertiary/aromatic N) is 5. The molecule has 0 unspecified atom stereocenters. The summed E-state index contributed by atoms with van der Waals surface area (Å²) in [6.45, 7) is 3.89. The fraction of sp³-hybridized carbons (Fsp3) is 0.125. The van der Waals surface area contributed by atoms with Gasteiger partial charge in [0.1, 0.15) is 11.5 Å². The quantitative estimate of drug-likeness (QED) is 0.380. The summed E-state index contributed by atoms with van der Waals surface area (Å²) < 4.78 is 10.5. The normalized spacial score (nSPS) is 10.4. The first-order valence-corrected chi connectivity index (χ1v) is 7.64. The zero-order valence-electron chi connectivity index (χ0n) is 14.2. The molecule has 3 rings (SSSR count). The van der Waals surface area contributed by atoms with Crippen molar-refractivity contribution in [3.05, 3.63) is 58.9 Å². The van der Waals surface area contributed by atoms with Gasteiger partial charge in [-0.2, -0.15) is 4.80 Å². The topological polar surface area (TPSA) is 138 Å². The third-order valence-corrected chi connectivity index (χ3v) is 3.47. The molecule has 0 radical (unpaired) electrons. The van der Waals surface area contributed by atoms with Gasteiger partial charge in [0.25, 0.3) is 17.5 Å². The van der Waals surface area contributed by atoms with Crippen LogP contribution in [0.3, 0.4) is 0 Å². The van der Waals surface area contributed by atoms with Crippen LogP contribution in [0.25, 0.3) is 11.3 Å². The number of anilines is 1. The predicted octanol–water partition coefficient (Wildman–Crippen LogP) is 2.29. The zero-order chi connectivity index (χ0) is 19.4. The highest BCUT2D eigenvalue weighted by atomic mass is 16.6. The third-order valence-electron chi connectivity index (χ3n) is 3.47. The number of carbonyl (C=O) groups excluding carboxylic acids is 1. The number of hydrogen-bond acceptors (Lipinski definition) is 8. The lowest BCUT2D eigenvalue weighted by atomic mass is 10.1. The molecule has 11 nitrogen and oxygen atoms in total. The molecule has 1 aromatic carbocycles. The number of nitrogens with one attached hydrogen (secondary N) is 1. The number of furan rings is 1. The Morgan fingerprint density at radius 1 is 1.44 bits per heavy atom. The Hall–Kier alpha value is -4.02. The number of allylic oxidation sites excluding steroid dienone is 1. The van der Waals surface area contributed by atoms with E-state index < -0.39 is 10.8 Å². The fourth-order valence-corrected chi connectivity index (χ4v) is 2.25. The standard InChI is InChI=1S/C16H14N6O5/c1-3-8-21-19-16(18-20-21)17-15(23)14-7-6-13(27-14)11-5-4-10(26-2)9-12(11)22(24)25/h3-7,9H,1,8H2,2H3,(H,17,19,23). The number of nitro groups is 1. The molecular weight excluding hydrogens is 356 g/mol. The minimum Gasteiger partial charge on any atom is -0.497 e. The fourth-order valence-electron chi connectivity index (χ4n) is 2.25. The van der Waals surface area contributed by atoms with Gasteiger partial charge in [0.05, 0.1) is 30.2 Å². The molecule has 138 valence electrons. The Balaban J connectivity index is 1.82. The lowest BCUT2D eigenvalue weighted by Crippen LogP contribution is -2.12. The highest BCUT2D eigenvalue weighted by molar-refractivity contribution is 6.01. The van der Waals surface area contributed by atoms with E-state index >= 15 is 0 Å². The van der Waals surface area contributed by atoms with Crippen LogP contribution in [0.1, 0.15) is 10.6 Å². The van der Waals surface area contributed by atoms with Crippen LogP contribution in [0.2, 0.25) is 0 Å². The number of ether oxygens (including phenoxy) is 1. The van der Waals surface area contributed by atoms with E-state index in [0.717, 1.165) is 0 Å². The van der Waals surface area contributed by atoms with Crippen molar-refractivity contribution in [2.75, 3.05) is 12.4 Å².